The molecule has 2 N–H and O–H groups in total. The number of rotatable bonds is 9. The van der Waals surface area contributed by atoms with Crippen molar-refractivity contribution >= 4 is 40.1 Å². The second kappa shape index (κ2) is 12.6. The van der Waals surface area contributed by atoms with E-state index >= 15 is 0 Å². The van der Waals surface area contributed by atoms with Crippen LogP contribution in [0.4, 0.5) is 31.1 Å². The molecule has 0 saturated heterocycles. The third kappa shape index (κ3) is 6.94. The van der Waals surface area contributed by atoms with Crippen LogP contribution in [-0.2, 0) is 26.1 Å². The van der Waals surface area contributed by atoms with Gasteiger partial charge >= 0.3 is 18.4 Å². The molecule has 43 heavy (non-hydrogen) atoms. The van der Waals surface area contributed by atoms with Crippen LogP contribution in [0.15, 0.2) is 53.9 Å². The van der Waals surface area contributed by atoms with Gasteiger partial charge in [0.25, 0.3) is 11.5 Å². The first kappa shape index (κ1) is 31.8. The summed E-state index contributed by atoms with van der Waals surface area (Å²) in [6.07, 6.45) is -9.00. The molecule has 16 heteroatoms. The van der Waals surface area contributed by atoms with Crippen molar-refractivity contribution in [2.24, 2.45) is 5.16 Å². The van der Waals surface area contributed by atoms with Gasteiger partial charge in [0.05, 0.1) is 24.5 Å². The average Bonchev–Trinajstić information content (AvgIpc) is 3.42. The maximum atomic E-state index is 14.5. The number of carbonyl (C=O) groups excluding carboxylic acids is 2. The van der Waals surface area contributed by atoms with Gasteiger partial charge in [0.2, 0.25) is 0 Å². The van der Waals surface area contributed by atoms with Crippen LogP contribution in [0.2, 0.25) is 5.02 Å². The number of oxime groups is 1. The molecule has 1 unspecified atom stereocenters. The molecule has 0 spiro atoms. The molecule has 2 aromatic carbocycles. The second-order valence-corrected chi connectivity index (χ2v) is 9.63. The molecule has 0 saturated carbocycles. The van der Waals surface area contributed by atoms with Crippen LogP contribution in [0.3, 0.4) is 0 Å². The third-order valence-electron chi connectivity index (χ3n) is 6.45. The van der Waals surface area contributed by atoms with E-state index in [1.54, 1.807) is 0 Å². The Balaban J connectivity index is 1.55. The molecule has 4 rings (SSSR count). The highest BCUT2D eigenvalue weighted by Crippen LogP contribution is 2.50. The molecule has 2 heterocycles. The molecule has 1 aromatic heterocycles. The fraction of sp³-hybridized carbons (Fsp3) is 0.333. The van der Waals surface area contributed by atoms with E-state index in [1.807, 2.05) is 0 Å². The Morgan fingerprint density at radius 2 is 1.81 bits per heavy atom. The van der Waals surface area contributed by atoms with Crippen molar-refractivity contribution in [1.82, 2.24) is 15.6 Å². The maximum Gasteiger partial charge on any atom is 0.435 e. The lowest BCUT2D eigenvalue weighted by Gasteiger charge is -2.30. The van der Waals surface area contributed by atoms with E-state index in [4.69, 9.17) is 25.9 Å². The molecular weight excluding hydrogens is 610 g/mol. The number of amides is 2. The van der Waals surface area contributed by atoms with Gasteiger partial charge in [0.15, 0.2) is 0 Å². The largest absolute Gasteiger partial charge is 0.447 e. The molecule has 230 valence electrons. The molecule has 1 atom stereocenters. The minimum Gasteiger partial charge on any atom is -0.447 e. The normalized spacial score (nSPS) is 16.9. The van der Waals surface area contributed by atoms with Crippen LogP contribution in [0.5, 0.6) is 0 Å². The second-order valence-electron chi connectivity index (χ2n) is 9.19. The van der Waals surface area contributed by atoms with Gasteiger partial charge in [-0.3, -0.25) is 9.78 Å². The molecule has 0 aliphatic carbocycles. The molecule has 1 aliphatic heterocycles. The van der Waals surface area contributed by atoms with Gasteiger partial charge < -0.3 is 24.9 Å². The Morgan fingerprint density at radius 3 is 2.51 bits per heavy atom. The number of hydrogen-bond donors (Lipinski definition) is 2. The first-order valence-electron chi connectivity index (χ1n) is 12.5. The average molecular weight is 633 g/mol. The van der Waals surface area contributed by atoms with Crippen LogP contribution < -0.4 is 10.6 Å². The zero-order chi connectivity index (χ0) is 31.4. The van der Waals surface area contributed by atoms with Gasteiger partial charge in [-0.2, -0.15) is 26.3 Å². The summed E-state index contributed by atoms with van der Waals surface area (Å²) in [6, 6.07) is 5.82. The van der Waals surface area contributed by atoms with Crippen LogP contribution in [0, 0.1) is 0 Å². The number of alkyl halides is 6. The summed E-state index contributed by atoms with van der Waals surface area (Å²) < 4.78 is 93.7. The predicted molar refractivity (Wildman–Crippen MR) is 142 cm³/mol. The molecule has 0 bridgehead atoms. The number of nitrogens with zero attached hydrogens (tertiary/aromatic N) is 2. The number of halogens is 7. The highest BCUT2D eigenvalue weighted by Gasteiger charge is 2.62. The summed E-state index contributed by atoms with van der Waals surface area (Å²) in [5.41, 5.74) is -5.36. The minimum absolute atomic E-state index is 0.00934. The lowest BCUT2D eigenvalue weighted by molar-refractivity contribution is -0.276. The van der Waals surface area contributed by atoms with E-state index in [2.05, 4.69) is 20.8 Å². The number of hydrogen-bond acceptors (Lipinski definition) is 7. The van der Waals surface area contributed by atoms with Crippen molar-refractivity contribution in [3.63, 3.8) is 0 Å². The fourth-order valence-corrected chi connectivity index (χ4v) is 4.61. The zero-order valence-electron chi connectivity index (χ0n) is 22.2. The van der Waals surface area contributed by atoms with E-state index in [0.29, 0.717) is 17.5 Å². The molecule has 2 amide bonds. The summed E-state index contributed by atoms with van der Waals surface area (Å²) in [5, 5.41) is 8.62. The Morgan fingerprint density at radius 1 is 1.05 bits per heavy atom. The number of fused-ring (bicyclic) bond motifs is 1. The van der Waals surface area contributed by atoms with Gasteiger partial charge in [-0.1, -0.05) is 22.8 Å². The maximum absolute atomic E-state index is 14.5. The Labute approximate surface area is 245 Å². The number of carbonyl (C=O) groups is 2. The number of alkyl carbamates (subject to hydrolysis) is 1. The van der Waals surface area contributed by atoms with Gasteiger partial charge in [-0.25, -0.2) is 4.79 Å². The lowest BCUT2D eigenvalue weighted by atomic mass is 9.84. The SMILES string of the molecule is CNC(=O)OCCOCCNC(=O)c1ccc(C2=NOC(c3cc(Cl)cc(C(F)(F)F)c3)(C(F)(F)F)C2)c2ccncc12. The quantitative estimate of drug-likeness (QED) is 0.235. The minimum atomic E-state index is -5.18. The van der Waals surface area contributed by atoms with Crippen LogP contribution in [0.25, 0.3) is 10.8 Å². The van der Waals surface area contributed by atoms with E-state index in [9.17, 15) is 35.9 Å². The fourth-order valence-electron chi connectivity index (χ4n) is 4.37. The monoisotopic (exact) mass is 632 g/mol. The van der Waals surface area contributed by atoms with Gasteiger partial charge in [-0.05, 0) is 35.7 Å². The van der Waals surface area contributed by atoms with E-state index < -0.39 is 52.5 Å². The first-order valence-corrected chi connectivity index (χ1v) is 12.9. The Kier molecular flexibility index (Phi) is 9.35. The Bertz CT molecular complexity index is 1550. The molecule has 3 aromatic rings. The predicted octanol–water partition coefficient (Wildman–Crippen LogP) is 5.59. The molecular formula is C27H23ClF6N4O5. The Hall–Kier alpha value is -4.11. The van der Waals surface area contributed by atoms with Crippen LogP contribution in [-0.4, -0.2) is 62.3 Å². The summed E-state index contributed by atoms with van der Waals surface area (Å²) in [6.45, 7) is 0.303. The smallest absolute Gasteiger partial charge is 0.435 e. The lowest BCUT2D eigenvalue weighted by Crippen LogP contribution is -2.43. The standard InChI is InChI=1S/C27H23ClF6N4O5/c1-35-24(40)42-9-8-41-7-6-37-23(39)20-3-2-19(18-4-5-36-14-21(18)20)22-13-25(43-38-22,27(32,33)34)15-10-16(26(29,30)31)12-17(28)11-15/h2-5,10-12,14H,6-9,13H2,1H3,(H,35,40)(H,37,39). The highest BCUT2D eigenvalue weighted by molar-refractivity contribution is 6.30. The van der Waals surface area contributed by atoms with Crippen molar-refractivity contribution in [3.8, 4) is 0 Å². The highest BCUT2D eigenvalue weighted by atomic mass is 35.5. The molecule has 0 fully saturated rings. The number of nitrogens with one attached hydrogen (secondary N) is 2. The molecule has 1 aliphatic rings. The van der Waals surface area contributed by atoms with Crippen molar-refractivity contribution in [2.45, 2.75) is 24.4 Å². The molecule has 9 nitrogen and oxygen atoms in total. The summed E-state index contributed by atoms with van der Waals surface area (Å²) >= 11 is 5.78. The number of benzene rings is 2. The van der Waals surface area contributed by atoms with Crippen molar-refractivity contribution in [3.05, 3.63) is 76.1 Å². The van der Waals surface area contributed by atoms with Crippen molar-refractivity contribution in [2.75, 3.05) is 33.4 Å². The number of pyridine rings is 1. The third-order valence-corrected chi connectivity index (χ3v) is 6.67. The molecule has 0 radical (unpaired) electrons. The van der Waals surface area contributed by atoms with Crippen molar-refractivity contribution < 1.29 is 50.2 Å². The van der Waals surface area contributed by atoms with E-state index in [1.165, 1.54) is 37.6 Å². The topological polar surface area (TPSA) is 111 Å². The van der Waals surface area contributed by atoms with Crippen LogP contribution >= 0.6 is 11.6 Å². The van der Waals surface area contributed by atoms with Crippen LogP contribution in [0.1, 0.15) is 33.5 Å². The first-order chi connectivity index (χ1) is 20.3. The summed E-state index contributed by atoms with van der Waals surface area (Å²) in [5.74, 6) is -0.525. The van der Waals surface area contributed by atoms with Gasteiger partial charge in [0.1, 0.15) is 6.61 Å². The van der Waals surface area contributed by atoms with Crippen molar-refractivity contribution in [1.29, 1.82) is 0 Å². The number of aromatic nitrogens is 1. The van der Waals surface area contributed by atoms with Gasteiger partial charge in [-0.15, -0.1) is 0 Å². The van der Waals surface area contributed by atoms with Gasteiger partial charge in [0, 0.05) is 59.5 Å². The summed E-state index contributed by atoms with van der Waals surface area (Å²) in [7, 11) is 1.41. The van der Waals surface area contributed by atoms with E-state index in [0.717, 1.165) is 6.07 Å². The summed E-state index contributed by atoms with van der Waals surface area (Å²) in [4.78, 5) is 32.8. The number of ether oxygens (including phenoxy) is 2. The zero-order valence-corrected chi connectivity index (χ0v) is 23.0. The van der Waals surface area contributed by atoms with E-state index in [-0.39, 0.29) is 48.6 Å².